The molecular weight excluding hydrogens is 576 g/mol. The van der Waals surface area contributed by atoms with Crippen molar-refractivity contribution < 1.29 is 24.5 Å². The van der Waals surface area contributed by atoms with Crippen LogP contribution < -0.4 is 0 Å². The zero-order chi connectivity index (χ0) is 21.3. The van der Waals surface area contributed by atoms with E-state index in [-0.39, 0.29) is 25.9 Å². The van der Waals surface area contributed by atoms with Gasteiger partial charge in [-0.25, -0.2) is 0 Å². The number of hydrogen-bond acceptors (Lipinski definition) is 2. The van der Waals surface area contributed by atoms with Gasteiger partial charge >= 0.3 is 0 Å². The van der Waals surface area contributed by atoms with Crippen molar-refractivity contribution in [1.82, 2.24) is 9.97 Å². The van der Waals surface area contributed by atoms with Gasteiger partial charge in [0.25, 0.3) is 0 Å². The number of rotatable bonds is 3. The molecule has 2 aromatic heterocycles. The third-order valence-corrected chi connectivity index (χ3v) is 4.58. The van der Waals surface area contributed by atoms with Gasteiger partial charge in [0.1, 0.15) is 0 Å². The summed E-state index contributed by atoms with van der Waals surface area (Å²) in [6, 6.07) is 38.1. The Bertz CT molecular complexity index is 1180. The molecule has 2 nitrogen and oxygen atoms in total. The van der Waals surface area contributed by atoms with E-state index in [2.05, 4.69) is 22.1 Å². The SMILES string of the molecule is Fc1ccc[c-]c1-c1ccc(-c2ccccc2)cn1.[Ir].[c-]1ccccc1-c1ccccn1. The van der Waals surface area contributed by atoms with Gasteiger partial charge in [-0.05, 0) is 28.6 Å². The van der Waals surface area contributed by atoms with Crippen molar-refractivity contribution in [2.24, 2.45) is 0 Å². The monoisotopic (exact) mass is 595 g/mol. The summed E-state index contributed by atoms with van der Waals surface area (Å²) < 4.78 is 13.6. The van der Waals surface area contributed by atoms with Gasteiger partial charge in [-0.1, -0.05) is 60.2 Å². The number of hydrogen-bond donors (Lipinski definition) is 0. The van der Waals surface area contributed by atoms with E-state index in [9.17, 15) is 4.39 Å². The molecule has 0 saturated heterocycles. The quantitative estimate of drug-likeness (QED) is 0.213. The molecule has 5 rings (SSSR count). The largest absolute Gasteiger partial charge is 0.305 e. The second kappa shape index (κ2) is 11.8. The van der Waals surface area contributed by atoms with Gasteiger partial charge in [0.2, 0.25) is 0 Å². The van der Waals surface area contributed by atoms with Gasteiger partial charge in [-0.3, -0.25) is 4.39 Å². The average molecular weight is 595 g/mol. The number of halogens is 1. The molecule has 159 valence electrons. The third-order valence-electron chi connectivity index (χ3n) is 4.58. The topological polar surface area (TPSA) is 25.8 Å². The minimum Gasteiger partial charge on any atom is -0.305 e. The number of nitrogens with zero attached hydrogens (tertiary/aromatic N) is 2. The van der Waals surface area contributed by atoms with Crippen LogP contribution in [0.15, 0.2) is 116 Å². The van der Waals surface area contributed by atoms with E-state index in [4.69, 9.17) is 0 Å². The zero-order valence-corrected chi connectivity index (χ0v) is 19.5. The van der Waals surface area contributed by atoms with Crippen LogP contribution in [-0.4, -0.2) is 9.97 Å². The normalized spacial score (nSPS) is 9.78. The first-order valence-electron chi connectivity index (χ1n) is 9.87. The molecule has 4 heteroatoms. The molecule has 0 bridgehead atoms. The van der Waals surface area contributed by atoms with Crippen LogP contribution in [0.5, 0.6) is 0 Å². The molecule has 0 fully saturated rings. The minimum atomic E-state index is -0.303. The Morgan fingerprint density at radius 3 is 2.03 bits per heavy atom. The molecular formula is C28H19FIrN2-2. The van der Waals surface area contributed by atoms with Crippen molar-refractivity contribution in [2.75, 3.05) is 0 Å². The van der Waals surface area contributed by atoms with Gasteiger partial charge in [-0.15, -0.1) is 60.2 Å². The van der Waals surface area contributed by atoms with Crippen LogP contribution in [0.3, 0.4) is 0 Å². The van der Waals surface area contributed by atoms with Gasteiger partial charge < -0.3 is 9.97 Å². The number of benzene rings is 3. The van der Waals surface area contributed by atoms with E-state index in [1.807, 2.05) is 84.9 Å². The fourth-order valence-electron chi connectivity index (χ4n) is 3.03. The average Bonchev–Trinajstić information content (AvgIpc) is 2.87. The van der Waals surface area contributed by atoms with Gasteiger partial charge in [0, 0.05) is 38.3 Å². The molecule has 1 radical (unpaired) electrons. The summed E-state index contributed by atoms with van der Waals surface area (Å²) in [5.74, 6) is -0.303. The van der Waals surface area contributed by atoms with Crippen LogP contribution in [0, 0.1) is 17.9 Å². The molecule has 0 aliphatic rings. The molecule has 0 aliphatic heterocycles. The fraction of sp³-hybridized carbons (Fsp3) is 0. The first kappa shape index (κ1) is 23.2. The first-order valence-corrected chi connectivity index (χ1v) is 9.87. The van der Waals surface area contributed by atoms with Crippen molar-refractivity contribution in [3.8, 4) is 33.6 Å². The molecule has 0 saturated carbocycles. The predicted molar refractivity (Wildman–Crippen MR) is 122 cm³/mol. The summed E-state index contributed by atoms with van der Waals surface area (Å²) in [7, 11) is 0. The van der Waals surface area contributed by atoms with Crippen molar-refractivity contribution in [3.05, 3.63) is 133 Å². The molecule has 0 spiro atoms. The Kier molecular flexibility index (Phi) is 8.56. The third kappa shape index (κ3) is 6.04. The maximum atomic E-state index is 13.6. The Labute approximate surface area is 201 Å². The van der Waals surface area contributed by atoms with Gasteiger partial charge in [0.15, 0.2) is 0 Å². The first-order chi connectivity index (χ1) is 15.3. The molecule has 2 heterocycles. The second-order valence-corrected chi connectivity index (χ2v) is 6.68. The second-order valence-electron chi connectivity index (χ2n) is 6.68. The molecule has 0 unspecified atom stereocenters. The van der Waals surface area contributed by atoms with E-state index in [0.717, 1.165) is 22.4 Å². The number of pyridine rings is 2. The van der Waals surface area contributed by atoms with Crippen LogP contribution in [0.25, 0.3) is 33.6 Å². The van der Waals surface area contributed by atoms with E-state index < -0.39 is 0 Å². The molecule has 0 amide bonds. The Balaban J connectivity index is 0.000000193. The van der Waals surface area contributed by atoms with Crippen LogP contribution in [0.2, 0.25) is 0 Å². The maximum Gasteiger partial charge on any atom is 0.0380 e. The van der Waals surface area contributed by atoms with Gasteiger partial charge in [-0.2, -0.15) is 0 Å². The summed E-state index contributed by atoms with van der Waals surface area (Å²) in [6.07, 6.45) is 3.54. The Morgan fingerprint density at radius 2 is 1.38 bits per heavy atom. The summed E-state index contributed by atoms with van der Waals surface area (Å²) in [6.45, 7) is 0. The van der Waals surface area contributed by atoms with Crippen LogP contribution in [0.4, 0.5) is 4.39 Å². The van der Waals surface area contributed by atoms with E-state index >= 15 is 0 Å². The zero-order valence-electron chi connectivity index (χ0n) is 17.1. The van der Waals surface area contributed by atoms with Crippen LogP contribution in [0.1, 0.15) is 0 Å². The maximum absolute atomic E-state index is 13.6. The molecule has 0 aliphatic carbocycles. The van der Waals surface area contributed by atoms with Crippen molar-refractivity contribution in [2.45, 2.75) is 0 Å². The number of aromatic nitrogens is 2. The van der Waals surface area contributed by atoms with Crippen molar-refractivity contribution >= 4 is 0 Å². The van der Waals surface area contributed by atoms with Crippen molar-refractivity contribution in [1.29, 1.82) is 0 Å². The van der Waals surface area contributed by atoms with E-state index in [0.29, 0.717) is 11.3 Å². The smallest absolute Gasteiger partial charge is 0.0380 e. The summed E-state index contributed by atoms with van der Waals surface area (Å²) in [4.78, 5) is 8.53. The minimum absolute atomic E-state index is 0. The Hall–Kier alpha value is -3.46. The van der Waals surface area contributed by atoms with E-state index in [1.54, 1.807) is 24.5 Å². The van der Waals surface area contributed by atoms with Gasteiger partial charge in [0.05, 0.1) is 0 Å². The van der Waals surface area contributed by atoms with Crippen LogP contribution in [-0.2, 0) is 20.1 Å². The fourth-order valence-corrected chi connectivity index (χ4v) is 3.03. The van der Waals surface area contributed by atoms with Crippen molar-refractivity contribution in [3.63, 3.8) is 0 Å². The molecule has 3 aromatic carbocycles. The summed E-state index contributed by atoms with van der Waals surface area (Å²) in [5, 5.41) is 0. The summed E-state index contributed by atoms with van der Waals surface area (Å²) in [5.41, 5.74) is 5.12. The Morgan fingerprint density at radius 1 is 0.594 bits per heavy atom. The molecule has 0 atom stereocenters. The van der Waals surface area contributed by atoms with Crippen LogP contribution >= 0.6 is 0 Å². The molecule has 0 N–H and O–H groups in total. The molecule has 32 heavy (non-hydrogen) atoms. The molecule has 5 aromatic rings. The predicted octanol–water partition coefficient (Wildman–Crippen LogP) is 6.90. The standard InChI is InChI=1S/C17H11FN.C11H8N.Ir/c18-16-9-5-4-8-15(16)17-11-10-14(12-19-17)13-6-2-1-3-7-13;1-2-6-10(7-3-1)11-8-4-5-9-12-11;/h1-7,9-12H;1-6,8-9H;/q2*-1;. The van der Waals surface area contributed by atoms with E-state index in [1.165, 1.54) is 6.07 Å². The summed E-state index contributed by atoms with van der Waals surface area (Å²) >= 11 is 0.